The number of unbranched alkanes of at least 4 members (excludes halogenated alkanes) is 53. The summed E-state index contributed by atoms with van der Waals surface area (Å²) < 4.78 is 68.9. The number of hydrogen-bond donors (Lipinski definition) is 3. The van der Waals surface area contributed by atoms with Crippen molar-refractivity contribution in [2.24, 2.45) is 17.8 Å². The van der Waals surface area contributed by atoms with E-state index in [1.165, 1.54) is 263 Å². The van der Waals surface area contributed by atoms with Crippen LogP contribution in [0.3, 0.4) is 0 Å². The van der Waals surface area contributed by atoms with Crippen molar-refractivity contribution in [3.63, 3.8) is 0 Å². The quantitative estimate of drug-likeness (QED) is 0.0222. The first-order valence-corrected chi connectivity index (χ1v) is 47.8. The Labute approximate surface area is 651 Å². The van der Waals surface area contributed by atoms with Crippen LogP contribution < -0.4 is 0 Å². The fraction of sp³-hybridized carbons (Fsp3) is 0.954. The van der Waals surface area contributed by atoms with Crippen LogP contribution in [0.15, 0.2) is 0 Å². The van der Waals surface area contributed by atoms with E-state index in [4.69, 9.17) is 37.0 Å². The Morgan fingerprint density at radius 2 is 0.434 bits per heavy atom. The molecule has 17 nitrogen and oxygen atoms in total. The number of aliphatic hydroxyl groups is 1. The zero-order valence-corrected chi connectivity index (χ0v) is 71.7. The van der Waals surface area contributed by atoms with Gasteiger partial charge in [0.15, 0.2) is 12.2 Å². The van der Waals surface area contributed by atoms with Gasteiger partial charge < -0.3 is 33.8 Å². The molecular formula is C87H170O17P2. The first-order chi connectivity index (χ1) is 51.2. The third-order valence-corrected chi connectivity index (χ3v) is 22.3. The van der Waals surface area contributed by atoms with Gasteiger partial charge in [0.25, 0.3) is 0 Å². The van der Waals surface area contributed by atoms with Crippen molar-refractivity contribution in [3.8, 4) is 0 Å². The standard InChI is InChI=1S/C87H170O17P2/c1-8-9-10-11-12-13-14-15-16-17-18-19-20-21-22-27-32-37-42-47-56-63-70-86(91)103-82(74-97-84(89)68-61-54-46-41-36-31-26-24-23-25-29-34-39-44-51-58-65-78(2)3)76-101-105(93,94)99-72-81(88)73-100-106(95,96)102-77-83(75-98-85(90)69-62-55-50-49-53-60-67-80(6)7)104-87(92)71-64-57-48-43-38-33-28-30-35-40-45-52-59-66-79(4)5/h78-83,88H,8-77H2,1-7H3,(H,93,94)(H,95,96)/t81-,82-,83-/m1/s1. The van der Waals surface area contributed by atoms with Gasteiger partial charge in [-0.25, -0.2) is 9.13 Å². The summed E-state index contributed by atoms with van der Waals surface area (Å²) in [4.78, 5) is 73.2. The van der Waals surface area contributed by atoms with Crippen LogP contribution in [0.25, 0.3) is 0 Å². The molecule has 0 saturated carbocycles. The van der Waals surface area contributed by atoms with E-state index in [2.05, 4.69) is 48.5 Å². The molecule has 0 saturated heterocycles. The highest BCUT2D eigenvalue weighted by atomic mass is 31.2. The maximum Gasteiger partial charge on any atom is 0.472 e. The Kier molecular flexibility index (Phi) is 75.6. The number of rotatable bonds is 85. The molecule has 0 aliphatic rings. The molecular weight excluding hydrogens is 1380 g/mol. The fourth-order valence-electron chi connectivity index (χ4n) is 13.5. The lowest BCUT2D eigenvalue weighted by atomic mass is 10.0. The molecule has 0 rings (SSSR count). The Balaban J connectivity index is 5.20. The summed E-state index contributed by atoms with van der Waals surface area (Å²) in [7, 11) is -9.93. The van der Waals surface area contributed by atoms with Crippen LogP contribution in [0.2, 0.25) is 0 Å². The van der Waals surface area contributed by atoms with Gasteiger partial charge in [-0.1, -0.05) is 408 Å². The number of esters is 4. The Hall–Kier alpha value is -1.94. The van der Waals surface area contributed by atoms with E-state index in [0.29, 0.717) is 31.6 Å². The van der Waals surface area contributed by atoms with Crippen molar-refractivity contribution >= 4 is 39.5 Å². The van der Waals surface area contributed by atoms with E-state index in [9.17, 15) is 43.2 Å². The highest BCUT2D eigenvalue weighted by Crippen LogP contribution is 2.45. The SMILES string of the molecule is CCCCCCCCCCCCCCCCCCCCCCCCC(=O)O[C@H](COC(=O)CCCCCCCCCCCCCCCCCCC(C)C)COP(=O)(O)OC[C@@H](O)COP(=O)(O)OC[C@@H](COC(=O)CCCCCCCCC(C)C)OC(=O)CCCCCCCCCCCCCCCC(C)C. The van der Waals surface area contributed by atoms with Crippen LogP contribution in [-0.2, 0) is 65.4 Å². The molecule has 0 fully saturated rings. The van der Waals surface area contributed by atoms with Crippen molar-refractivity contribution < 1.29 is 80.2 Å². The smallest absolute Gasteiger partial charge is 0.462 e. The number of phosphoric ester groups is 2. The fourth-order valence-corrected chi connectivity index (χ4v) is 15.1. The second kappa shape index (κ2) is 77.0. The molecule has 2 unspecified atom stereocenters. The first kappa shape index (κ1) is 104. The number of carbonyl (C=O) groups excluding carboxylic acids is 4. The largest absolute Gasteiger partial charge is 0.472 e. The van der Waals surface area contributed by atoms with E-state index in [1.54, 1.807) is 0 Å². The van der Waals surface area contributed by atoms with E-state index < -0.39 is 97.5 Å². The van der Waals surface area contributed by atoms with Gasteiger partial charge in [0.05, 0.1) is 26.4 Å². The Morgan fingerprint density at radius 1 is 0.255 bits per heavy atom. The van der Waals surface area contributed by atoms with Gasteiger partial charge in [-0.3, -0.25) is 37.3 Å². The van der Waals surface area contributed by atoms with Gasteiger partial charge in [0.2, 0.25) is 0 Å². The minimum absolute atomic E-state index is 0.106. The average Bonchev–Trinajstić information content (AvgIpc) is 0.901. The predicted octanol–water partition coefficient (Wildman–Crippen LogP) is 26.5. The summed E-state index contributed by atoms with van der Waals surface area (Å²) in [5, 5.41) is 10.7. The van der Waals surface area contributed by atoms with E-state index in [0.717, 1.165) is 108 Å². The number of carbonyl (C=O) groups is 4. The lowest BCUT2D eigenvalue weighted by Gasteiger charge is -2.21. The molecule has 0 amide bonds. The molecule has 0 aliphatic heterocycles. The molecule has 19 heteroatoms. The van der Waals surface area contributed by atoms with Gasteiger partial charge in [-0.15, -0.1) is 0 Å². The second-order valence-electron chi connectivity index (χ2n) is 32.7. The lowest BCUT2D eigenvalue weighted by Crippen LogP contribution is -2.30. The molecule has 5 atom stereocenters. The summed E-state index contributed by atoms with van der Waals surface area (Å²) in [6.07, 6.45) is 68.4. The number of hydrogen-bond acceptors (Lipinski definition) is 15. The molecule has 0 aromatic rings. The summed E-state index contributed by atoms with van der Waals surface area (Å²) in [6, 6.07) is 0. The lowest BCUT2D eigenvalue weighted by molar-refractivity contribution is -0.161. The third kappa shape index (κ3) is 80.1. The molecule has 0 aromatic carbocycles. The van der Waals surface area contributed by atoms with Gasteiger partial charge in [0, 0.05) is 25.7 Å². The van der Waals surface area contributed by atoms with Gasteiger partial charge in [-0.05, 0) is 43.4 Å². The van der Waals surface area contributed by atoms with Crippen LogP contribution in [0.1, 0.15) is 459 Å². The van der Waals surface area contributed by atoms with Gasteiger partial charge in [-0.2, -0.15) is 0 Å². The van der Waals surface area contributed by atoms with Crippen LogP contribution in [0.4, 0.5) is 0 Å². The maximum absolute atomic E-state index is 13.2. The first-order valence-electron chi connectivity index (χ1n) is 44.8. The monoisotopic (exact) mass is 1550 g/mol. The van der Waals surface area contributed by atoms with Crippen molar-refractivity contribution in [2.75, 3.05) is 39.6 Å². The van der Waals surface area contributed by atoms with Crippen LogP contribution in [0, 0.1) is 17.8 Å². The molecule has 0 spiro atoms. The summed E-state index contributed by atoms with van der Waals surface area (Å²) in [6.45, 7) is 11.9. The minimum Gasteiger partial charge on any atom is -0.462 e. The number of phosphoric acid groups is 2. The van der Waals surface area contributed by atoms with Crippen LogP contribution in [0.5, 0.6) is 0 Å². The Morgan fingerprint density at radius 3 is 0.642 bits per heavy atom. The van der Waals surface area contributed by atoms with Crippen molar-refractivity contribution in [1.82, 2.24) is 0 Å². The second-order valence-corrected chi connectivity index (χ2v) is 35.6. The minimum atomic E-state index is -4.97. The highest BCUT2D eigenvalue weighted by Gasteiger charge is 2.30. The van der Waals surface area contributed by atoms with E-state index in [-0.39, 0.29) is 25.7 Å². The maximum atomic E-state index is 13.2. The molecule has 3 N–H and O–H groups in total. The Bertz CT molecular complexity index is 2040. The third-order valence-electron chi connectivity index (χ3n) is 20.4. The average molecular weight is 1550 g/mol. The zero-order chi connectivity index (χ0) is 77.9. The molecule has 0 aliphatic carbocycles. The summed E-state index contributed by atoms with van der Waals surface area (Å²) in [5.41, 5.74) is 0. The zero-order valence-electron chi connectivity index (χ0n) is 69.9. The number of ether oxygens (including phenoxy) is 4. The molecule has 106 heavy (non-hydrogen) atoms. The van der Waals surface area contributed by atoms with Crippen molar-refractivity contribution in [3.05, 3.63) is 0 Å². The van der Waals surface area contributed by atoms with Gasteiger partial charge >= 0.3 is 39.5 Å². The van der Waals surface area contributed by atoms with E-state index in [1.807, 2.05) is 0 Å². The number of aliphatic hydroxyl groups excluding tert-OH is 1. The molecule has 0 aromatic heterocycles. The van der Waals surface area contributed by atoms with Crippen molar-refractivity contribution in [1.29, 1.82) is 0 Å². The van der Waals surface area contributed by atoms with Crippen LogP contribution in [-0.4, -0.2) is 96.7 Å². The molecule has 0 heterocycles. The topological polar surface area (TPSA) is 237 Å². The summed E-state index contributed by atoms with van der Waals surface area (Å²) >= 11 is 0. The predicted molar refractivity (Wildman–Crippen MR) is 437 cm³/mol. The molecule has 0 bridgehead atoms. The van der Waals surface area contributed by atoms with Gasteiger partial charge in [0.1, 0.15) is 19.3 Å². The normalized spacial score (nSPS) is 13.9. The van der Waals surface area contributed by atoms with Crippen LogP contribution >= 0.6 is 15.6 Å². The molecule has 630 valence electrons. The van der Waals surface area contributed by atoms with Crippen molar-refractivity contribution in [2.45, 2.75) is 478 Å². The highest BCUT2D eigenvalue weighted by molar-refractivity contribution is 7.47. The van der Waals surface area contributed by atoms with E-state index >= 15 is 0 Å². The summed E-state index contributed by atoms with van der Waals surface area (Å²) in [5.74, 6) is 0.171. The molecule has 0 radical (unpaired) electrons.